The molecule has 1 saturated heterocycles. The van der Waals surface area contributed by atoms with E-state index >= 15 is 0 Å². The molecule has 1 atom stereocenters. The molecular formula is C5H11NS. The molecule has 0 amide bonds. The normalized spacial score (nSPS) is 29.6. The molecule has 0 spiro atoms. The Morgan fingerprint density at radius 2 is 2.57 bits per heavy atom. The molecule has 0 aliphatic carbocycles. The fourth-order valence-electron chi connectivity index (χ4n) is 0.692. The van der Waals surface area contributed by atoms with Crippen LogP contribution in [0.15, 0.2) is 0 Å². The zero-order valence-electron chi connectivity index (χ0n) is 4.61. The quantitative estimate of drug-likeness (QED) is 0.571. The van der Waals surface area contributed by atoms with Gasteiger partial charge in [0.2, 0.25) is 0 Å². The Labute approximate surface area is 48.9 Å². The largest absolute Gasteiger partial charge is 0.313 e. The molecule has 0 saturated carbocycles. The molecule has 7 heavy (non-hydrogen) atoms. The summed E-state index contributed by atoms with van der Waals surface area (Å²) in [4.78, 5) is 0. The number of nitrogens with one attached hydrogen (secondary N) is 1. The molecule has 1 fully saturated rings. The molecule has 1 nitrogen and oxygen atoms in total. The van der Waals surface area contributed by atoms with Crippen molar-refractivity contribution in [1.29, 1.82) is 0 Å². The van der Waals surface area contributed by atoms with Gasteiger partial charge >= 0.3 is 0 Å². The lowest BCUT2D eigenvalue weighted by atomic mass is 10.1. The minimum absolute atomic E-state index is 0.843. The predicted molar refractivity (Wildman–Crippen MR) is 34.8 cm³/mol. The van der Waals surface area contributed by atoms with Crippen LogP contribution in [0.2, 0.25) is 0 Å². The van der Waals surface area contributed by atoms with E-state index in [-0.39, 0.29) is 0 Å². The van der Waals surface area contributed by atoms with Gasteiger partial charge in [0.05, 0.1) is 0 Å². The van der Waals surface area contributed by atoms with Gasteiger partial charge in [-0.15, -0.1) is 0 Å². The van der Waals surface area contributed by atoms with Crippen LogP contribution in [0.1, 0.15) is 6.42 Å². The van der Waals surface area contributed by atoms with Crippen molar-refractivity contribution in [2.45, 2.75) is 12.5 Å². The topological polar surface area (TPSA) is 12.0 Å². The van der Waals surface area contributed by atoms with Crippen molar-refractivity contribution in [2.75, 3.05) is 18.6 Å². The molecule has 2 heteroatoms. The summed E-state index contributed by atoms with van der Waals surface area (Å²) in [7, 11) is 0. The molecule has 0 unspecified atom stereocenters. The van der Waals surface area contributed by atoms with Gasteiger partial charge in [0.1, 0.15) is 0 Å². The van der Waals surface area contributed by atoms with E-state index in [4.69, 9.17) is 0 Å². The monoisotopic (exact) mass is 117 g/mol. The minimum atomic E-state index is 0.843. The highest BCUT2D eigenvalue weighted by atomic mass is 32.2. The number of rotatable bonds is 2. The Hall–Kier alpha value is 0.310. The molecule has 0 bridgehead atoms. The van der Waals surface area contributed by atoms with E-state index in [1.165, 1.54) is 18.7 Å². The van der Waals surface area contributed by atoms with Gasteiger partial charge in [-0.1, -0.05) is 0 Å². The number of hydrogen-bond acceptors (Lipinski definition) is 2. The molecule has 0 aromatic heterocycles. The van der Waals surface area contributed by atoms with Crippen LogP contribution in [0.25, 0.3) is 0 Å². The summed E-state index contributed by atoms with van der Waals surface area (Å²) in [5.41, 5.74) is 0. The van der Waals surface area contributed by atoms with Crippen LogP contribution in [0.5, 0.6) is 0 Å². The van der Waals surface area contributed by atoms with E-state index in [9.17, 15) is 0 Å². The summed E-state index contributed by atoms with van der Waals surface area (Å²) >= 11 is 1.92. The second-order valence-electron chi connectivity index (χ2n) is 1.90. The van der Waals surface area contributed by atoms with Crippen LogP contribution in [0.4, 0.5) is 0 Å². The average molecular weight is 117 g/mol. The molecule has 0 aromatic rings. The summed E-state index contributed by atoms with van der Waals surface area (Å²) in [6.07, 6.45) is 3.54. The van der Waals surface area contributed by atoms with E-state index < -0.39 is 0 Å². The van der Waals surface area contributed by atoms with Gasteiger partial charge in [0, 0.05) is 11.8 Å². The minimum Gasteiger partial charge on any atom is -0.313 e. The number of hydrogen-bond donors (Lipinski definition) is 1. The van der Waals surface area contributed by atoms with Crippen LogP contribution in [0, 0.1) is 0 Å². The third kappa shape index (κ3) is 1.35. The standard InChI is InChI=1S/C5H11NS/c1-7-4-5-2-3-6-5/h5-6H,2-4H2,1H3/t5-/m0/s1. The number of thioether (sulfide) groups is 1. The highest BCUT2D eigenvalue weighted by molar-refractivity contribution is 7.98. The summed E-state index contributed by atoms with van der Waals surface area (Å²) < 4.78 is 0. The SMILES string of the molecule is CSC[C@@H]1CCN1. The molecule has 1 aliphatic heterocycles. The Bertz CT molecular complexity index is 52.0. The molecular weight excluding hydrogens is 106 g/mol. The highest BCUT2D eigenvalue weighted by Gasteiger charge is 2.13. The molecule has 1 aliphatic rings. The maximum atomic E-state index is 3.33. The van der Waals surface area contributed by atoms with Crippen LogP contribution < -0.4 is 5.32 Å². The van der Waals surface area contributed by atoms with Crippen molar-refractivity contribution >= 4 is 11.8 Å². The van der Waals surface area contributed by atoms with Gasteiger partial charge < -0.3 is 5.32 Å². The smallest absolute Gasteiger partial charge is 0.0170 e. The summed E-state index contributed by atoms with van der Waals surface area (Å²) in [5.74, 6) is 1.29. The molecule has 1 N–H and O–H groups in total. The summed E-state index contributed by atoms with van der Waals surface area (Å²) in [5, 5.41) is 3.33. The van der Waals surface area contributed by atoms with Crippen molar-refractivity contribution in [3.8, 4) is 0 Å². The van der Waals surface area contributed by atoms with Crippen molar-refractivity contribution in [1.82, 2.24) is 5.32 Å². The van der Waals surface area contributed by atoms with E-state index in [0.29, 0.717) is 0 Å². The maximum Gasteiger partial charge on any atom is 0.0170 e. The lowest BCUT2D eigenvalue weighted by molar-refractivity contribution is 0.405. The van der Waals surface area contributed by atoms with Gasteiger partial charge in [-0.25, -0.2) is 0 Å². The van der Waals surface area contributed by atoms with Crippen LogP contribution in [0.3, 0.4) is 0 Å². The van der Waals surface area contributed by atoms with Crippen LogP contribution in [-0.4, -0.2) is 24.6 Å². The lowest BCUT2D eigenvalue weighted by Crippen LogP contribution is -2.44. The van der Waals surface area contributed by atoms with E-state index in [0.717, 1.165) is 6.04 Å². The van der Waals surface area contributed by atoms with E-state index in [2.05, 4.69) is 11.6 Å². The van der Waals surface area contributed by atoms with Gasteiger partial charge in [0.25, 0.3) is 0 Å². The third-order valence-electron chi connectivity index (χ3n) is 1.29. The van der Waals surface area contributed by atoms with Gasteiger partial charge in [0.15, 0.2) is 0 Å². The second-order valence-corrected chi connectivity index (χ2v) is 2.81. The van der Waals surface area contributed by atoms with E-state index in [1.54, 1.807) is 0 Å². The van der Waals surface area contributed by atoms with Crippen LogP contribution >= 0.6 is 11.8 Å². The fourth-order valence-corrected chi connectivity index (χ4v) is 1.38. The second kappa shape index (κ2) is 2.58. The first-order chi connectivity index (χ1) is 3.43. The van der Waals surface area contributed by atoms with Crippen molar-refractivity contribution < 1.29 is 0 Å². The lowest BCUT2D eigenvalue weighted by Gasteiger charge is -2.26. The molecule has 42 valence electrons. The van der Waals surface area contributed by atoms with Gasteiger partial charge in [-0.3, -0.25) is 0 Å². The first kappa shape index (κ1) is 5.45. The van der Waals surface area contributed by atoms with E-state index in [1.807, 2.05) is 11.8 Å². The third-order valence-corrected chi connectivity index (χ3v) is 2.03. The van der Waals surface area contributed by atoms with Gasteiger partial charge in [-0.05, 0) is 19.2 Å². The molecule has 0 aromatic carbocycles. The molecule has 1 heterocycles. The molecule has 0 radical (unpaired) electrons. The van der Waals surface area contributed by atoms with Gasteiger partial charge in [-0.2, -0.15) is 11.8 Å². The zero-order chi connectivity index (χ0) is 5.11. The highest BCUT2D eigenvalue weighted by Crippen LogP contribution is 2.06. The maximum absolute atomic E-state index is 3.33. The van der Waals surface area contributed by atoms with Crippen molar-refractivity contribution in [3.63, 3.8) is 0 Å². The first-order valence-electron chi connectivity index (χ1n) is 2.66. The first-order valence-corrected chi connectivity index (χ1v) is 4.05. The van der Waals surface area contributed by atoms with Crippen molar-refractivity contribution in [3.05, 3.63) is 0 Å². The fraction of sp³-hybridized carbons (Fsp3) is 1.00. The predicted octanol–water partition coefficient (Wildman–Crippen LogP) is 0.711. The Morgan fingerprint density at radius 3 is 2.71 bits per heavy atom. The average Bonchev–Trinajstić information content (AvgIpc) is 1.55. The Morgan fingerprint density at radius 1 is 1.86 bits per heavy atom. The van der Waals surface area contributed by atoms with Crippen LogP contribution in [-0.2, 0) is 0 Å². The zero-order valence-corrected chi connectivity index (χ0v) is 5.42. The summed E-state index contributed by atoms with van der Waals surface area (Å²) in [6.45, 7) is 1.24. The Balaban J connectivity index is 1.93. The van der Waals surface area contributed by atoms with Crippen molar-refractivity contribution in [2.24, 2.45) is 0 Å². The summed E-state index contributed by atoms with van der Waals surface area (Å²) in [6, 6.07) is 0.843. The Kier molecular flexibility index (Phi) is 2.00. The molecule has 1 rings (SSSR count).